The molecule has 1 saturated carbocycles. The lowest BCUT2D eigenvalue weighted by Crippen LogP contribution is -2.22. The molecule has 0 spiro atoms. The van der Waals surface area contributed by atoms with Gasteiger partial charge in [-0.05, 0) is 42.3 Å². The second-order valence-electron chi connectivity index (χ2n) is 5.75. The average molecular weight is 270 g/mol. The Morgan fingerprint density at radius 1 is 1.20 bits per heavy atom. The number of fused-ring (bicyclic) bond motifs is 2. The largest absolute Gasteiger partial charge is 0.454 e. The lowest BCUT2D eigenvalue weighted by atomic mass is 10.1. The van der Waals surface area contributed by atoms with Gasteiger partial charge in [-0.2, -0.15) is 0 Å². The van der Waals surface area contributed by atoms with Crippen LogP contribution in [0.3, 0.4) is 0 Å². The minimum Gasteiger partial charge on any atom is -0.454 e. The first-order valence-corrected chi connectivity index (χ1v) is 7.26. The van der Waals surface area contributed by atoms with E-state index >= 15 is 0 Å². The first kappa shape index (κ1) is 11.8. The SMILES string of the molecule is CC1CCCC1Nc1nccc2cc3c(cc12)OCO3. The van der Waals surface area contributed by atoms with Crippen molar-refractivity contribution in [1.29, 1.82) is 0 Å². The number of rotatable bonds is 2. The van der Waals surface area contributed by atoms with Crippen LogP contribution in [0, 0.1) is 5.92 Å². The molecule has 0 radical (unpaired) electrons. The van der Waals surface area contributed by atoms with E-state index in [-0.39, 0.29) is 0 Å². The number of hydrogen-bond acceptors (Lipinski definition) is 4. The van der Waals surface area contributed by atoms with Crippen molar-refractivity contribution in [2.75, 3.05) is 12.1 Å². The number of benzene rings is 1. The average Bonchev–Trinajstić information content (AvgIpc) is 3.06. The fourth-order valence-electron chi connectivity index (χ4n) is 3.21. The molecule has 0 saturated heterocycles. The minimum atomic E-state index is 0.307. The first-order valence-electron chi connectivity index (χ1n) is 7.26. The van der Waals surface area contributed by atoms with Crippen LogP contribution in [0.25, 0.3) is 10.8 Å². The third-order valence-electron chi connectivity index (χ3n) is 4.44. The first-order chi connectivity index (χ1) is 9.81. The Kier molecular flexibility index (Phi) is 2.69. The van der Waals surface area contributed by atoms with Crippen LogP contribution in [-0.2, 0) is 0 Å². The van der Waals surface area contributed by atoms with Gasteiger partial charge in [0.25, 0.3) is 0 Å². The number of aromatic nitrogens is 1. The zero-order chi connectivity index (χ0) is 13.5. The van der Waals surface area contributed by atoms with Crippen LogP contribution in [0.1, 0.15) is 26.2 Å². The molecule has 1 fully saturated rings. The molecule has 4 heteroatoms. The Bertz CT molecular complexity index is 656. The van der Waals surface area contributed by atoms with Crippen molar-refractivity contribution in [3.05, 3.63) is 24.4 Å². The van der Waals surface area contributed by atoms with Crippen LogP contribution in [0.15, 0.2) is 24.4 Å². The summed E-state index contributed by atoms with van der Waals surface area (Å²) in [5.74, 6) is 3.30. The minimum absolute atomic E-state index is 0.307. The Morgan fingerprint density at radius 3 is 2.85 bits per heavy atom. The van der Waals surface area contributed by atoms with Gasteiger partial charge in [-0.3, -0.25) is 0 Å². The number of nitrogens with zero attached hydrogens (tertiary/aromatic N) is 1. The van der Waals surface area contributed by atoms with Crippen molar-refractivity contribution >= 4 is 16.6 Å². The van der Waals surface area contributed by atoms with Crippen LogP contribution in [0.2, 0.25) is 0 Å². The number of anilines is 1. The normalized spacial score (nSPS) is 24.2. The molecule has 2 unspecified atom stereocenters. The molecular formula is C16H18N2O2. The molecule has 1 aliphatic carbocycles. The van der Waals surface area contributed by atoms with Crippen molar-refractivity contribution in [1.82, 2.24) is 4.98 Å². The maximum atomic E-state index is 5.47. The van der Waals surface area contributed by atoms with Crippen LogP contribution < -0.4 is 14.8 Å². The molecule has 2 aliphatic rings. The van der Waals surface area contributed by atoms with E-state index in [0.29, 0.717) is 18.8 Å². The molecule has 0 bridgehead atoms. The Hall–Kier alpha value is -1.97. The van der Waals surface area contributed by atoms with E-state index in [4.69, 9.17) is 9.47 Å². The maximum Gasteiger partial charge on any atom is 0.231 e. The second kappa shape index (κ2) is 4.54. The van der Waals surface area contributed by atoms with Crippen molar-refractivity contribution in [3.63, 3.8) is 0 Å². The molecule has 1 aromatic heterocycles. The summed E-state index contributed by atoms with van der Waals surface area (Å²) in [4.78, 5) is 4.52. The van der Waals surface area contributed by atoms with Gasteiger partial charge >= 0.3 is 0 Å². The standard InChI is InChI=1S/C16H18N2O2/c1-10-3-2-4-13(10)18-16-12-8-15-14(19-9-20-15)7-11(12)5-6-17-16/h5-8,10,13H,2-4,9H2,1H3,(H,17,18). The molecule has 4 nitrogen and oxygen atoms in total. The van der Waals surface area contributed by atoms with Crippen LogP contribution in [-0.4, -0.2) is 17.8 Å². The maximum absolute atomic E-state index is 5.47. The molecule has 2 atom stereocenters. The molecule has 0 amide bonds. The van der Waals surface area contributed by atoms with E-state index < -0.39 is 0 Å². The summed E-state index contributed by atoms with van der Waals surface area (Å²) in [5, 5.41) is 5.86. The van der Waals surface area contributed by atoms with Crippen molar-refractivity contribution in [3.8, 4) is 11.5 Å². The van der Waals surface area contributed by atoms with Gasteiger partial charge in [0.2, 0.25) is 6.79 Å². The summed E-state index contributed by atoms with van der Waals surface area (Å²) in [6, 6.07) is 6.61. The van der Waals surface area contributed by atoms with Gasteiger partial charge in [-0.15, -0.1) is 0 Å². The Morgan fingerprint density at radius 2 is 2.05 bits per heavy atom. The van der Waals surface area contributed by atoms with E-state index in [0.717, 1.165) is 28.1 Å². The lowest BCUT2D eigenvalue weighted by molar-refractivity contribution is 0.174. The quantitative estimate of drug-likeness (QED) is 0.906. The fourth-order valence-corrected chi connectivity index (χ4v) is 3.21. The predicted octanol–water partition coefficient (Wildman–Crippen LogP) is 3.56. The van der Waals surface area contributed by atoms with Crippen LogP contribution >= 0.6 is 0 Å². The summed E-state index contributed by atoms with van der Waals surface area (Å²) in [6.45, 7) is 2.62. The topological polar surface area (TPSA) is 43.4 Å². The summed E-state index contributed by atoms with van der Waals surface area (Å²) in [5.41, 5.74) is 0. The highest BCUT2D eigenvalue weighted by Crippen LogP contribution is 2.38. The van der Waals surface area contributed by atoms with E-state index in [1.165, 1.54) is 19.3 Å². The Labute approximate surface area is 118 Å². The molecule has 1 aliphatic heterocycles. The zero-order valence-corrected chi connectivity index (χ0v) is 11.6. The Balaban J connectivity index is 1.75. The van der Waals surface area contributed by atoms with E-state index in [2.05, 4.69) is 17.2 Å². The summed E-state index contributed by atoms with van der Waals surface area (Å²) in [6.07, 6.45) is 5.68. The van der Waals surface area contributed by atoms with E-state index in [1.807, 2.05) is 24.4 Å². The van der Waals surface area contributed by atoms with Gasteiger partial charge in [0.15, 0.2) is 11.5 Å². The monoisotopic (exact) mass is 270 g/mol. The number of nitrogens with one attached hydrogen (secondary N) is 1. The van der Waals surface area contributed by atoms with Crippen LogP contribution in [0.5, 0.6) is 11.5 Å². The summed E-state index contributed by atoms with van der Waals surface area (Å²) in [7, 11) is 0. The molecular weight excluding hydrogens is 252 g/mol. The zero-order valence-electron chi connectivity index (χ0n) is 11.6. The lowest BCUT2D eigenvalue weighted by Gasteiger charge is -2.19. The number of ether oxygens (including phenoxy) is 2. The number of hydrogen-bond donors (Lipinski definition) is 1. The molecule has 20 heavy (non-hydrogen) atoms. The number of pyridine rings is 1. The van der Waals surface area contributed by atoms with Crippen molar-refractivity contribution in [2.45, 2.75) is 32.2 Å². The van der Waals surface area contributed by atoms with Gasteiger partial charge in [-0.25, -0.2) is 4.98 Å². The molecule has 2 aromatic rings. The predicted molar refractivity (Wildman–Crippen MR) is 78.3 cm³/mol. The van der Waals surface area contributed by atoms with E-state index in [1.54, 1.807) is 0 Å². The third kappa shape index (κ3) is 1.87. The van der Waals surface area contributed by atoms with Crippen molar-refractivity contribution in [2.24, 2.45) is 5.92 Å². The fraction of sp³-hybridized carbons (Fsp3) is 0.438. The van der Waals surface area contributed by atoms with Gasteiger partial charge in [0, 0.05) is 17.6 Å². The van der Waals surface area contributed by atoms with Gasteiger partial charge in [0.05, 0.1) is 0 Å². The molecule has 4 rings (SSSR count). The molecule has 104 valence electrons. The van der Waals surface area contributed by atoms with Crippen molar-refractivity contribution < 1.29 is 9.47 Å². The van der Waals surface area contributed by atoms with E-state index in [9.17, 15) is 0 Å². The highest BCUT2D eigenvalue weighted by molar-refractivity contribution is 5.94. The molecule has 1 N–H and O–H groups in total. The van der Waals surface area contributed by atoms with Gasteiger partial charge in [-0.1, -0.05) is 13.3 Å². The summed E-state index contributed by atoms with van der Waals surface area (Å²) < 4.78 is 10.9. The van der Waals surface area contributed by atoms with Crippen LogP contribution in [0.4, 0.5) is 5.82 Å². The van der Waals surface area contributed by atoms with Gasteiger partial charge in [0.1, 0.15) is 5.82 Å². The molecule has 1 aromatic carbocycles. The molecule has 2 heterocycles. The third-order valence-corrected chi connectivity index (χ3v) is 4.44. The highest BCUT2D eigenvalue weighted by Gasteiger charge is 2.24. The highest BCUT2D eigenvalue weighted by atomic mass is 16.7. The smallest absolute Gasteiger partial charge is 0.231 e. The second-order valence-corrected chi connectivity index (χ2v) is 5.75. The van der Waals surface area contributed by atoms with Gasteiger partial charge < -0.3 is 14.8 Å². The summed E-state index contributed by atoms with van der Waals surface area (Å²) >= 11 is 0.